The van der Waals surface area contributed by atoms with Crippen LogP contribution in [-0.4, -0.2) is 34.0 Å². The molecule has 5 heteroatoms. The van der Waals surface area contributed by atoms with Crippen molar-refractivity contribution in [2.75, 3.05) is 0 Å². The Morgan fingerprint density at radius 1 is 0.438 bits per heavy atom. The van der Waals surface area contributed by atoms with Gasteiger partial charge in [-0.3, -0.25) is 0 Å². The molecule has 0 nitrogen and oxygen atoms in total. The Morgan fingerprint density at radius 3 is 1.21 bits per heavy atom. The first-order chi connectivity index (χ1) is 23.8. The Labute approximate surface area is 313 Å². The summed E-state index contributed by atoms with van der Waals surface area (Å²) in [6.07, 6.45) is 38.3. The molecule has 0 amide bonds. The molecule has 266 valence electrons. The molecule has 0 unspecified atom stereocenters. The van der Waals surface area contributed by atoms with Crippen LogP contribution in [0.5, 0.6) is 0 Å². The zero-order chi connectivity index (χ0) is 33.0. The molecule has 0 spiro atoms. The van der Waals surface area contributed by atoms with Gasteiger partial charge in [-0.05, 0) is 140 Å². The van der Waals surface area contributed by atoms with E-state index in [-0.39, 0.29) is 15.1 Å². The quantitative estimate of drug-likeness (QED) is 0.214. The molecule has 0 atom stereocenters. The average Bonchev–Trinajstić information content (AvgIpc) is 3.57. The van der Waals surface area contributed by atoms with E-state index in [0.29, 0.717) is 15.8 Å². The van der Waals surface area contributed by atoms with E-state index >= 15 is 0 Å². The van der Waals surface area contributed by atoms with Crippen LogP contribution in [0.1, 0.15) is 158 Å². The van der Waals surface area contributed by atoms with Crippen molar-refractivity contribution in [2.24, 2.45) is 0 Å². The first-order valence-corrected chi connectivity index (χ1v) is 27.6. The number of halogens is 2. The van der Waals surface area contributed by atoms with Crippen LogP contribution in [0.25, 0.3) is 5.57 Å². The second kappa shape index (κ2) is 20.5. The van der Waals surface area contributed by atoms with Crippen molar-refractivity contribution in [1.82, 2.24) is 0 Å². The average molecular weight is 813 g/mol. The molecule has 7 aliphatic rings. The number of rotatable bonds is 3. The Balaban J connectivity index is 0.000000120. The third-order valence-electron chi connectivity index (χ3n) is 12.9. The summed E-state index contributed by atoms with van der Waals surface area (Å²) in [4.78, 5) is 0. The van der Waals surface area contributed by atoms with Crippen LogP contribution in [0.4, 0.5) is 0 Å². The van der Waals surface area contributed by atoms with Gasteiger partial charge in [0.2, 0.25) is 0 Å². The van der Waals surface area contributed by atoms with Gasteiger partial charge in [0.1, 0.15) is 0 Å². The molecule has 48 heavy (non-hydrogen) atoms. The Bertz CT molecular complexity index is 1150. The second-order valence-corrected chi connectivity index (χ2v) is 24.5. The van der Waals surface area contributed by atoms with Gasteiger partial charge in [0.15, 0.2) is 0 Å². The maximum atomic E-state index is 4.85. The van der Waals surface area contributed by atoms with Gasteiger partial charge in [0, 0.05) is 0 Å². The third-order valence-corrected chi connectivity index (χ3v) is 21.1. The van der Waals surface area contributed by atoms with Gasteiger partial charge < -0.3 is 0 Å². The minimum absolute atomic E-state index is 0.346. The van der Waals surface area contributed by atoms with E-state index in [1.165, 1.54) is 69.1 Å². The molecule has 2 aromatic rings. The van der Waals surface area contributed by atoms with Gasteiger partial charge in [-0.15, -0.1) is 0 Å². The molecule has 4 saturated heterocycles. The van der Waals surface area contributed by atoms with Crippen LogP contribution in [0.15, 0.2) is 60.7 Å². The topological polar surface area (TPSA) is 0 Å². The number of fused-ring (bicyclic) bond motifs is 5. The van der Waals surface area contributed by atoms with Crippen LogP contribution < -0.4 is 0 Å². The van der Waals surface area contributed by atoms with Crippen molar-refractivity contribution in [3.8, 4) is 0 Å². The van der Waals surface area contributed by atoms with Gasteiger partial charge in [0.05, 0.1) is 0 Å². The fourth-order valence-electron chi connectivity index (χ4n) is 10.8. The van der Waals surface area contributed by atoms with Crippen LogP contribution in [0.2, 0.25) is 0 Å². The molecular formula is C43H62Cl2P2Ru. The summed E-state index contributed by atoms with van der Waals surface area (Å²) in [6.45, 7) is 0. The summed E-state index contributed by atoms with van der Waals surface area (Å²) < 4.78 is 0. The zero-order valence-electron chi connectivity index (χ0n) is 29.5. The minimum atomic E-state index is -0.346. The van der Waals surface area contributed by atoms with Crippen molar-refractivity contribution in [2.45, 2.75) is 182 Å². The van der Waals surface area contributed by atoms with E-state index in [2.05, 4.69) is 60.7 Å². The van der Waals surface area contributed by atoms with Crippen LogP contribution in [0.3, 0.4) is 0 Å². The van der Waals surface area contributed by atoms with Crippen molar-refractivity contribution in [3.63, 3.8) is 0 Å². The Hall–Kier alpha value is 0.243. The predicted molar refractivity (Wildman–Crippen MR) is 214 cm³/mol. The summed E-state index contributed by atoms with van der Waals surface area (Å²) in [5.74, 6) is 0. The van der Waals surface area contributed by atoms with E-state index in [1.807, 2.05) is 0 Å². The fourth-order valence-corrected chi connectivity index (χ4v) is 20.2. The van der Waals surface area contributed by atoms with E-state index in [4.69, 9.17) is 19.4 Å². The third kappa shape index (κ3) is 10.2. The molecule has 6 fully saturated rings. The molecule has 4 aliphatic heterocycles. The number of allylic oxidation sites excluding steroid dienone is 1. The molecule has 2 aromatic carbocycles. The van der Waals surface area contributed by atoms with Gasteiger partial charge in [0.25, 0.3) is 0 Å². The van der Waals surface area contributed by atoms with Crippen LogP contribution >= 0.6 is 35.2 Å². The molecule has 0 radical (unpaired) electrons. The second-order valence-electron chi connectivity index (χ2n) is 15.7. The summed E-state index contributed by atoms with van der Waals surface area (Å²) in [5.41, 5.74) is 12.8. The maximum absolute atomic E-state index is 4.85. The van der Waals surface area contributed by atoms with Crippen molar-refractivity contribution in [3.05, 3.63) is 77.4 Å². The van der Waals surface area contributed by atoms with Gasteiger partial charge in [-0.2, -0.15) is 0 Å². The van der Waals surface area contributed by atoms with Crippen LogP contribution in [0, 0.1) is 0 Å². The Kier molecular flexibility index (Phi) is 16.2. The summed E-state index contributed by atoms with van der Waals surface area (Å²) in [6, 6.07) is 19.2. The SMILES string of the molecule is C1=C(c2ccccc2)c2ccccc2C1.C1CCC(P2C3CCCC2CCC3)CC1.C1CCC(P2C3CCCC2CCC3)CC1.[Cl][Ru][Cl]. The molecule has 3 aliphatic carbocycles. The predicted octanol–water partition coefficient (Wildman–Crippen LogP) is 14.9. The first kappa shape index (κ1) is 38.0. The molecular weight excluding hydrogens is 750 g/mol. The van der Waals surface area contributed by atoms with Crippen molar-refractivity contribution in [1.29, 1.82) is 0 Å². The number of hydrogen-bond donors (Lipinski definition) is 0. The Morgan fingerprint density at radius 2 is 0.792 bits per heavy atom. The van der Waals surface area contributed by atoms with Crippen molar-refractivity contribution < 1.29 is 15.1 Å². The van der Waals surface area contributed by atoms with Crippen LogP contribution in [-0.2, 0) is 21.6 Å². The number of hydrogen-bond acceptors (Lipinski definition) is 0. The molecule has 4 bridgehead atoms. The number of benzene rings is 2. The van der Waals surface area contributed by atoms with Gasteiger partial charge in [-0.1, -0.05) is 141 Å². The van der Waals surface area contributed by atoms with E-state index in [9.17, 15) is 0 Å². The first-order valence-electron chi connectivity index (χ1n) is 20.0. The van der Waals surface area contributed by atoms with Crippen molar-refractivity contribution >= 4 is 40.8 Å². The summed E-state index contributed by atoms with van der Waals surface area (Å²) in [7, 11) is 10.7. The molecule has 0 aromatic heterocycles. The normalized spacial score (nSPS) is 31.4. The summed E-state index contributed by atoms with van der Waals surface area (Å²) >= 11 is -0.346. The zero-order valence-corrected chi connectivity index (χ0v) is 34.5. The molecule has 2 saturated carbocycles. The van der Waals surface area contributed by atoms with E-state index in [0.717, 1.165) is 6.42 Å². The molecule has 9 rings (SSSR count). The standard InChI is InChI=1S/C15H12.2C14H25P.2ClH.Ru/c1-2-6-12(7-3-1)15-11-10-13-8-4-5-9-14(13)15;2*1-2-6-12(7-3-1)15-13-8-4-9-14(15)11-5-10-13;;;/h1-9,11H,10H2;2*12-14H,1-11H2;2*1H;/q;;;;;+2/p-2. The van der Waals surface area contributed by atoms with Gasteiger partial charge in [-0.25, -0.2) is 0 Å². The van der Waals surface area contributed by atoms with E-state index < -0.39 is 0 Å². The monoisotopic (exact) mass is 812 g/mol. The molecule has 0 N–H and O–H groups in total. The van der Waals surface area contributed by atoms with E-state index in [1.54, 1.807) is 128 Å². The summed E-state index contributed by atoms with van der Waals surface area (Å²) in [5, 5.41) is 0. The fraction of sp³-hybridized carbons (Fsp3) is 0.674. The molecule has 4 heterocycles. The van der Waals surface area contributed by atoms with Gasteiger partial charge >= 0.3 is 34.5 Å².